The lowest BCUT2D eigenvalue weighted by atomic mass is 10.0. The van der Waals surface area contributed by atoms with Gasteiger partial charge in [0.1, 0.15) is 11.5 Å². The van der Waals surface area contributed by atoms with Crippen molar-refractivity contribution in [3.05, 3.63) is 35.9 Å². The van der Waals surface area contributed by atoms with Crippen molar-refractivity contribution < 1.29 is 9.47 Å². The number of alkyl halides is 1. The molecule has 126 valence electrons. The molecule has 3 heteroatoms. The SMILES string of the molecule is Cc1cc(OCCCCCBr)c2ccccc2c1OCC(C)C. The molecule has 0 N–H and O–H groups in total. The Labute approximate surface area is 148 Å². The van der Waals surface area contributed by atoms with E-state index >= 15 is 0 Å². The number of aryl methyl sites for hydroxylation is 1. The Kier molecular flexibility index (Phi) is 7.22. The lowest BCUT2D eigenvalue weighted by Crippen LogP contribution is -2.06. The molecule has 0 radical (unpaired) electrons. The van der Waals surface area contributed by atoms with Crippen molar-refractivity contribution in [1.82, 2.24) is 0 Å². The van der Waals surface area contributed by atoms with Gasteiger partial charge >= 0.3 is 0 Å². The molecule has 0 saturated carbocycles. The van der Waals surface area contributed by atoms with Crippen LogP contribution in [0.3, 0.4) is 0 Å². The number of hydrogen-bond donors (Lipinski definition) is 0. The van der Waals surface area contributed by atoms with Crippen LogP contribution >= 0.6 is 15.9 Å². The fourth-order valence-electron chi connectivity index (χ4n) is 2.56. The molecule has 0 fully saturated rings. The van der Waals surface area contributed by atoms with Gasteiger partial charge in [0.25, 0.3) is 0 Å². The Morgan fingerprint density at radius 1 is 1.00 bits per heavy atom. The number of unbranched alkanes of at least 4 members (excludes halogenated alkanes) is 2. The molecule has 2 rings (SSSR count). The Morgan fingerprint density at radius 3 is 2.43 bits per heavy atom. The Hall–Kier alpha value is -1.22. The third kappa shape index (κ3) is 5.13. The number of rotatable bonds is 9. The Bertz CT molecular complexity index is 622. The summed E-state index contributed by atoms with van der Waals surface area (Å²) in [4.78, 5) is 0. The summed E-state index contributed by atoms with van der Waals surface area (Å²) in [6.07, 6.45) is 3.48. The van der Waals surface area contributed by atoms with Crippen LogP contribution in [0.4, 0.5) is 0 Å². The van der Waals surface area contributed by atoms with Gasteiger partial charge in [0, 0.05) is 16.1 Å². The summed E-state index contributed by atoms with van der Waals surface area (Å²) in [7, 11) is 0. The van der Waals surface area contributed by atoms with Crippen LogP contribution in [-0.4, -0.2) is 18.5 Å². The molecule has 0 atom stereocenters. The van der Waals surface area contributed by atoms with Crippen molar-refractivity contribution in [3.8, 4) is 11.5 Å². The normalized spacial score (nSPS) is 11.2. The summed E-state index contributed by atoms with van der Waals surface area (Å²) in [5.41, 5.74) is 1.14. The third-order valence-electron chi connectivity index (χ3n) is 3.74. The van der Waals surface area contributed by atoms with E-state index in [9.17, 15) is 0 Å². The second kappa shape index (κ2) is 9.17. The average molecular weight is 379 g/mol. The van der Waals surface area contributed by atoms with E-state index in [2.05, 4.69) is 67.0 Å². The maximum absolute atomic E-state index is 6.06. The van der Waals surface area contributed by atoms with Crippen LogP contribution in [0.2, 0.25) is 0 Å². The number of ether oxygens (including phenoxy) is 2. The zero-order valence-corrected chi connectivity index (χ0v) is 16.0. The van der Waals surface area contributed by atoms with Crippen LogP contribution in [0.5, 0.6) is 11.5 Å². The standard InChI is InChI=1S/C20H27BrO2/c1-15(2)14-23-20-16(3)13-19(22-12-8-4-7-11-21)17-9-5-6-10-18(17)20/h5-6,9-10,13,15H,4,7-8,11-12,14H2,1-3H3. The molecule has 2 aromatic rings. The number of fused-ring (bicyclic) bond motifs is 1. The first kappa shape index (κ1) is 18.1. The number of benzene rings is 2. The fourth-order valence-corrected chi connectivity index (χ4v) is 2.96. The average Bonchev–Trinajstić information content (AvgIpc) is 2.53. The first-order chi connectivity index (χ1) is 11.1. The third-order valence-corrected chi connectivity index (χ3v) is 4.30. The minimum absolute atomic E-state index is 0.513. The van der Waals surface area contributed by atoms with Crippen LogP contribution in [0.25, 0.3) is 10.8 Å². The zero-order chi connectivity index (χ0) is 16.7. The van der Waals surface area contributed by atoms with Crippen molar-refractivity contribution in [1.29, 1.82) is 0 Å². The van der Waals surface area contributed by atoms with Gasteiger partial charge in [0.15, 0.2) is 0 Å². The molecule has 0 saturated heterocycles. The minimum Gasteiger partial charge on any atom is -0.493 e. The van der Waals surface area contributed by atoms with Gasteiger partial charge in [-0.05, 0) is 43.7 Å². The van der Waals surface area contributed by atoms with E-state index in [1.807, 2.05) is 0 Å². The van der Waals surface area contributed by atoms with Crippen molar-refractivity contribution in [2.75, 3.05) is 18.5 Å². The second-order valence-corrected chi connectivity index (χ2v) is 7.16. The van der Waals surface area contributed by atoms with Gasteiger partial charge in [-0.15, -0.1) is 0 Å². The Morgan fingerprint density at radius 2 is 1.74 bits per heavy atom. The summed E-state index contributed by atoms with van der Waals surface area (Å²) in [6, 6.07) is 10.5. The molecular formula is C20H27BrO2. The van der Waals surface area contributed by atoms with Gasteiger partial charge in [0.2, 0.25) is 0 Å². The largest absolute Gasteiger partial charge is 0.493 e. The van der Waals surface area contributed by atoms with Crippen molar-refractivity contribution in [2.45, 2.75) is 40.0 Å². The van der Waals surface area contributed by atoms with E-state index in [1.54, 1.807) is 0 Å². The zero-order valence-electron chi connectivity index (χ0n) is 14.4. The first-order valence-corrected chi connectivity index (χ1v) is 9.59. The van der Waals surface area contributed by atoms with Crippen LogP contribution in [-0.2, 0) is 0 Å². The predicted molar refractivity (Wildman–Crippen MR) is 102 cm³/mol. The molecule has 0 amide bonds. The van der Waals surface area contributed by atoms with Gasteiger partial charge in [0.05, 0.1) is 13.2 Å². The molecule has 0 spiro atoms. The lowest BCUT2D eigenvalue weighted by molar-refractivity contribution is 0.271. The highest BCUT2D eigenvalue weighted by Gasteiger charge is 2.12. The predicted octanol–water partition coefficient (Wildman–Crippen LogP) is 6.13. The van der Waals surface area contributed by atoms with Crippen LogP contribution < -0.4 is 9.47 Å². The fraction of sp³-hybridized carbons (Fsp3) is 0.500. The van der Waals surface area contributed by atoms with E-state index in [4.69, 9.17) is 9.47 Å². The van der Waals surface area contributed by atoms with Gasteiger partial charge in [-0.2, -0.15) is 0 Å². The summed E-state index contributed by atoms with van der Waals surface area (Å²) in [5.74, 6) is 2.47. The molecule has 0 aliphatic carbocycles. The molecule has 0 unspecified atom stereocenters. The van der Waals surface area contributed by atoms with Crippen molar-refractivity contribution in [2.24, 2.45) is 5.92 Å². The van der Waals surface area contributed by atoms with E-state index in [1.165, 1.54) is 12.8 Å². The molecule has 0 aliphatic heterocycles. The van der Waals surface area contributed by atoms with Gasteiger partial charge < -0.3 is 9.47 Å². The molecule has 0 bridgehead atoms. The van der Waals surface area contributed by atoms with Gasteiger partial charge in [-0.25, -0.2) is 0 Å². The molecular weight excluding hydrogens is 352 g/mol. The molecule has 0 aliphatic rings. The maximum Gasteiger partial charge on any atom is 0.130 e. The second-order valence-electron chi connectivity index (χ2n) is 6.37. The van der Waals surface area contributed by atoms with Gasteiger partial charge in [-0.1, -0.05) is 54.0 Å². The first-order valence-electron chi connectivity index (χ1n) is 8.47. The number of hydrogen-bond acceptors (Lipinski definition) is 2. The monoisotopic (exact) mass is 378 g/mol. The molecule has 0 aromatic heterocycles. The summed E-state index contributed by atoms with van der Waals surface area (Å²) < 4.78 is 12.1. The molecule has 23 heavy (non-hydrogen) atoms. The van der Waals surface area contributed by atoms with Gasteiger partial charge in [-0.3, -0.25) is 0 Å². The van der Waals surface area contributed by atoms with E-state index < -0.39 is 0 Å². The quantitative estimate of drug-likeness (QED) is 0.386. The summed E-state index contributed by atoms with van der Waals surface area (Å²) >= 11 is 3.47. The molecule has 2 nitrogen and oxygen atoms in total. The Balaban J connectivity index is 2.20. The van der Waals surface area contributed by atoms with Crippen LogP contribution in [0.1, 0.15) is 38.7 Å². The highest BCUT2D eigenvalue weighted by Crippen LogP contribution is 2.36. The highest BCUT2D eigenvalue weighted by atomic mass is 79.9. The molecule has 2 aromatic carbocycles. The lowest BCUT2D eigenvalue weighted by Gasteiger charge is -2.17. The summed E-state index contributed by atoms with van der Waals surface area (Å²) in [5, 5.41) is 3.35. The maximum atomic E-state index is 6.06. The topological polar surface area (TPSA) is 18.5 Å². The van der Waals surface area contributed by atoms with E-state index in [0.717, 1.165) is 52.8 Å². The number of halogens is 1. The van der Waals surface area contributed by atoms with Crippen molar-refractivity contribution in [3.63, 3.8) is 0 Å². The van der Waals surface area contributed by atoms with E-state index in [0.29, 0.717) is 5.92 Å². The highest BCUT2D eigenvalue weighted by molar-refractivity contribution is 9.09. The summed E-state index contributed by atoms with van der Waals surface area (Å²) in [6.45, 7) is 7.93. The molecule has 0 heterocycles. The van der Waals surface area contributed by atoms with Crippen LogP contribution in [0.15, 0.2) is 30.3 Å². The minimum atomic E-state index is 0.513. The van der Waals surface area contributed by atoms with Crippen molar-refractivity contribution >= 4 is 26.7 Å². The smallest absolute Gasteiger partial charge is 0.130 e. The van der Waals surface area contributed by atoms with Crippen LogP contribution in [0, 0.1) is 12.8 Å². The van der Waals surface area contributed by atoms with E-state index in [-0.39, 0.29) is 0 Å².